The average molecular weight is 319 g/mol. The molecule has 118 valence electrons. The van der Waals surface area contributed by atoms with Gasteiger partial charge in [0.15, 0.2) is 0 Å². The number of carbonyl (C=O) groups excluding carboxylic acids is 1. The van der Waals surface area contributed by atoms with E-state index < -0.39 is 0 Å². The van der Waals surface area contributed by atoms with Gasteiger partial charge in [-0.15, -0.1) is 11.3 Å². The van der Waals surface area contributed by atoms with Gasteiger partial charge < -0.3 is 5.73 Å². The van der Waals surface area contributed by atoms with Gasteiger partial charge >= 0.3 is 0 Å². The van der Waals surface area contributed by atoms with E-state index in [1.807, 2.05) is 6.92 Å². The quantitative estimate of drug-likeness (QED) is 0.917. The van der Waals surface area contributed by atoms with Gasteiger partial charge in [-0.2, -0.15) is 0 Å². The van der Waals surface area contributed by atoms with Crippen molar-refractivity contribution in [2.24, 2.45) is 5.73 Å². The molecule has 0 unspecified atom stereocenters. The number of rotatable bonds is 5. The standard InChI is InChI=1S/C16H21N3O2S/c1-2-13-18-15-14(10-6-3-4-7-11(10)22-15)16(21)19(13)9-5-8-12(17)20/h2-9H2,1H3,(H2,17,20). The van der Waals surface area contributed by atoms with Crippen LogP contribution in [0.1, 0.15) is 48.9 Å². The van der Waals surface area contributed by atoms with E-state index >= 15 is 0 Å². The predicted molar refractivity (Wildman–Crippen MR) is 88.3 cm³/mol. The molecule has 2 N–H and O–H groups in total. The first-order valence-electron chi connectivity index (χ1n) is 7.94. The fourth-order valence-corrected chi connectivity index (χ4v) is 4.46. The Morgan fingerprint density at radius 1 is 1.36 bits per heavy atom. The summed E-state index contributed by atoms with van der Waals surface area (Å²) < 4.78 is 1.74. The van der Waals surface area contributed by atoms with Crippen molar-refractivity contribution in [2.45, 2.75) is 58.4 Å². The van der Waals surface area contributed by atoms with Crippen molar-refractivity contribution in [1.29, 1.82) is 0 Å². The SMILES string of the molecule is CCc1nc2sc3c(c2c(=O)n1CCCC(N)=O)CCCC3. The summed E-state index contributed by atoms with van der Waals surface area (Å²) in [5, 5.41) is 0.816. The number of hydrogen-bond acceptors (Lipinski definition) is 4. The Bertz CT molecular complexity index is 776. The van der Waals surface area contributed by atoms with Gasteiger partial charge in [-0.3, -0.25) is 14.2 Å². The molecule has 0 aromatic carbocycles. The Labute approximate surface area is 133 Å². The molecule has 6 heteroatoms. The Kier molecular flexibility index (Phi) is 4.29. The molecule has 2 heterocycles. The third kappa shape index (κ3) is 2.67. The van der Waals surface area contributed by atoms with E-state index in [1.165, 1.54) is 16.9 Å². The maximum absolute atomic E-state index is 12.9. The number of aromatic nitrogens is 2. The second-order valence-electron chi connectivity index (χ2n) is 5.80. The second kappa shape index (κ2) is 6.20. The highest BCUT2D eigenvalue weighted by Gasteiger charge is 2.21. The van der Waals surface area contributed by atoms with E-state index in [4.69, 9.17) is 10.7 Å². The Balaban J connectivity index is 2.08. The summed E-state index contributed by atoms with van der Waals surface area (Å²) in [6, 6.07) is 0. The van der Waals surface area contributed by atoms with E-state index in [0.717, 1.165) is 35.3 Å². The molecule has 0 aliphatic heterocycles. The van der Waals surface area contributed by atoms with Crippen LogP contribution in [0.3, 0.4) is 0 Å². The average Bonchev–Trinajstić information content (AvgIpc) is 2.87. The molecule has 0 atom stereocenters. The van der Waals surface area contributed by atoms with E-state index in [0.29, 0.717) is 25.8 Å². The summed E-state index contributed by atoms with van der Waals surface area (Å²) in [6.07, 6.45) is 6.00. The Morgan fingerprint density at radius 3 is 2.86 bits per heavy atom. The van der Waals surface area contributed by atoms with Gasteiger partial charge in [0.2, 0.25) is 5.91 Å². The number of carbonyl (C=O) groups is 1. The van der Waals surface area contributed by atoms with Gasteiger partial charge in [0.05, 0.1) is 5.39 Å². The number of aryl methyl sites for hydroxylation is 3. The molecule has 3 rings (SSSR count). The van der Waals surface area contributed by atoms with E-state index in [-0.39, 0.29) is 11.5 Å². The van der Waals surface area contributed by atoms with Crippen molar-refractivity contribution in [3.05, 3.63) is 26.6 Å². The van der Waals surface area contributed by atoms with Crippen molar-refractivity contribution in [3.63, 3.8) is 0 Å². The van der Waals surface area contributed by atoms with Crippen LogP contribution in [-0.4, -0.2) is 15.5 Å². The van der Waals surface area contributed by atoms with Crippen LogP contribution in [0.25, 0.3) is 10.2 Å². The Morgan fingerprint density at radius 2 is 2.14 bits per heavy atom. The van der Waals surface area contributed by atoms with Gasteiger partial charge in [0.25, 0.3) is 5.56 Å². The lowest BCUT2D eigenvalue weighted by Gasteiger charge is -2.12. The maximum atomic E-state index is 12.9. The third-order valence-electron chi connectivity index (χ3n) is 4.28. The van der Waals surface area contributed by atoms with E-state index in [2.05, 4.69) is 0 Å². The third-order valence-corrected chi connectivity index (χ3v) is 5.46. The molecule has 1 aliphatic carbocycles. The number of primary amides is 1. The van der Waals surface area contributed by atoms with Gasteiger partial charge in [0, 0.05) is 24.3 Å². The molecule has 5 nitrogen and oxygen atoms in total. The highest BCUT2D eigenvalue weighted by Crippen LogP contribution is 2.33. The lowest BCUT2D eigenvalue weighted by Crippen LogP contribution is -2.26. The molecule has 0 spiro atoms. The summed E-state index contributed by atoms with van der Waals surface area (Å²) in [4.78, 5) is 30.8. The molecule has 2 aromatic rings. The summed E-state index contributed by atoms with van der Waals surface area (Å²) in [5.41, 5.74) is 6.47. The first-order valence-corrected chi connectivity index (χ1v) is 8.75. The molecule has 0 saturated carbocycles. The largest absolute Gasteiger partial charge is 0.370 e. The first kappa shape index (κ1) is 15.2. The van der Waals surface area contributed by atoms with Crippen molar-refractivity contribution < 1.29 is 4.79 Å². The van der Waals surface area contributed by atoms with Crippen LogP contribution >= 0.6 is 11.3 Å². The van der Waals surface area contributed by atoms with Crippen LogP contribution in [0.4, 0.5) is 0 Å². The number of fused-ring (bicyclic) bond motifs is 3. The summed E-state index contributed by atoms with van der Waals surface area (Å²) in [5.74, 6) is 0.480. The van der Waals surface area contributed by atoms with Crippen molar-refractivity contribution in [2.75, 3.05) is 0 Å². The van der Waals surface area contributed by atoms with Crippen LogP contribution in [0.2, 0.25) is 0 Å². The van der Waals surface area contributed by atoms with Gasteiger partial charge in [-0.25, -0.2) is 4.98 Å². The number of thiophene rings is 1. The molecule has 1 aliphatic rings. The van der Waals surface area contributed by atoms with E-state index in [9.17, 15) is 9.59 Å². The zero-order valence-corrected chi connectivity index (χ0v) is 13.7. The number of nitrogens with two attached hydrogens (primary N) is 1. The van der Waals surface area contributed by atoms with Crippen molar-refractivity contribution in [1.82, 2.24) is 9.55 Å². The molecular formula is C16H21N3O2S. The van der Waals surface area contributed by atoms with Crippen LogP contribution in [0.15, 0.2) is 4.79 Å². The van der Waals surface area contributed by atoms with Crippen LogP contribution in [0, 0.1) is 0 Å². The fourth-order valence-electron chi connectivity index (χ4n) is 3.19. The van der Waals surface area contributed by atoms with Gasteiger partial charge in [0.1, 0.15) is 10.7 Å². The zero-order valence-electron chi connectivity index (χ0n) is 12.9. The topological polar surface area (TPSA) is 78.0 Å². The minimum Gasteiger partial charge on any atom is -0.370 e. The van der Waals surface area contributed by atoms with Crippen LogP contribution in [-0.2, 0) is 30.6 Å². The molecule has 0 saturated heterocycles. The number of nitrogens with zero attached hydrogens (tertiary/aromatic N) is 2. The zero-order chi connectivity index (χ0) is 15.7. The number of amides is 1. The van der Waals surface area contributed by atoms with E-state index in [1.54, 1.807) is 15.9 Å². The minimum atomic E-state index is -0.326. The summed E-state index contributed by atoms with van der Waals surface area (Å²) in [6.45, 7) is 2.52. The first-order chi connectivity index (χ1) is 10.6. The number of hydrogen-bond donors (Lipinski definition) is 1. The van der Waals surface area contributed by atoms with Crippen LogP contribution < -0.4 is 11.3 Å². The lowest BCUT2D eigenvalue weighted by atomic mass is 9.97. The minimum absolute atomic E-state index is 0.0609. The summed E-state index contributed by atoms with van der Waals surface area (Å²) in [7, 11) is 0. The smallest absolute Gasteiger partial charge is 0.262 e. The molecule has 22 heavy (non-hydrogen) atoms. The second-order valence-corrected chi connectivity index (χ2v) is 6.88. The highest BCUT2D eigenvalue weighted by atomic mass is 32.1. The van der Waals surface area contributed by atoms with Crippen LogP contribution in [0.5, 0.6) is 0 Å². The maximum Gasteiger partial charge on any atom is 0.262 e. The van der Waals surface area contributed by atoms with Gasteiger partial charge in [-0.05, 0) is 37.7 Å². The molecule has 1 amide bonds. The molecule has 0 radical (unpaired) electrons. The molecule has 0 bridgehead atoms. The summed E-state index contributed by atoms with van der Waals surface area (Å²) >= 11 is 1.68. The fraction of sp³-hybridized carbons (Fsp3) is 0.562. The molecular weight excluding hydrogens is 298 g/mol. The molecule has 2 aromatic heterocycles. The predicted octanol–water partition coefficient (Wildman–Crippen LogP) is 2.16. The Hall–Kier alpha value is -1.69. The monoisotopic (exact) mass is 319 g/mol. The normalized spacial score (nSPS) is 14.2. The van der Waals surface area contributed by atoms with Gasteiger partial charge in [-0.1, -0.05) is 6.92 Å². The van der Waals surface area contributed by atoms with Crippen molar-refractivity contribution in [3.8, 4) is 0 Å². The molecule has 0 fully saturated rings. The lowest BCUT2D eigenvalue weighted by molar-refractivity contribution is -0.118. The highest BCUT2D eigenvalue weighted by molar-refractivity contribution is 7.18. The van der Waals surface area contributed by atoms with Crippen molar-refractivity contribution >= 4 is 27.5 Å².